The zero-order valence-electron chi connectivity index (χ0n) is 7.40. The van der Waals surface area contributed by atoms with Crippen LogP contribution >= 0.6 is 0 Å². The molecule has 1 saturated carbocycles. The molecule has 5 nitrogen and oxygen atoms in total. The lowest BCUT2D eigenvalue weighted by molar-refractivity contribution is -0.159. The third kappa shape index (κ3) is 8.81. The molecular weight excluding hydrogens is 174 g/mol. The van der Waals surface area contributed by atoms with Crippen LogP contribution in [0.1, 0.15) is 25.7 Å². The molecule has 0 aromatic carbocycles. The Morgan fingerprint density at radius 3 is 1.92 bits per heavy atom. The first kappa shape index (κ1) is 11.9. The van der Waals surface area contributed by atoms with Crippen molar-refractivity contribution in [3.63, 3.8) is 0 Å². The Kier molecular flexibility index (Phi) is 5.88. The third-order valence-corrected chi connectivity index (χ3v) is 1.70. The predicted molar refractivity (Wildman–Crippen MR) is 46.3 cm³/mol. The molecule has 5 heteroatoms. The molecule has 0 atom stereocenters. The highest BCUT2D eigenvalue weighted by Gasteiger charge is 2.19. The van der Waals surface area contributed by atoms with Crippen molar-refractivity contribution >= 4 is 11.9 Å². The summed E-state index contributed by atoms with van der Waals surface area (Å²) in [5.74, 6) is -2.58. The molecule has 13 heavy (non-hydrogen) atoms. The summed E-state index contributed by atoms with van der Waals surface area (Å²) < 4.78 is 0. The van der Waals surface area contributed by atoms with E-state index in [4.69, 9.17) is 25.5 Å². The van der Waals surface area contributed by atoms with Gasteiger partial charge in [-0.1, -0.05) is 12.8 Å². The van der Waals surface area contributed by atoms with Crippen molar-refractivity contribution in [2.75, 3.05) is 6.54 Å². The normalized spacial score (nSPS) is 14.2. The fourth-order valence-electron chi connectivity index (χ4n) is 0.813. The van der Waals surface area contributed by atoms with Crippen LogP contribution in [0.2, 0.25) is 0 Å². The van der Waals surface area contributed by atoms with Crippen LogP contribution in [0.5, 0.6) is 0 Å². The molecule has 0 unspecified atom stereocenters. The Balaban J connectivity index is 0.000000226. The summed E-state index contributed by atoms with van der Waals surface area (Å²) in [6.07, 6.45) is 5.57. The summed E-state index contributed by atoms with van der Waals surface area (Å²) >= 11 is 0. The van der Waals surface area contributed by atoms with Crippen LogP contribution in [0, 0.1) is 5.92 Å². The molecule has 76 valence electrons. The predicted octanol–water partition coefficient (Wildman–Crippen LogP) is 0.291. The maximum absolute atomic E-state index is 9.10. The molecule has 4 N–H and O–H groups in total. The van der Waals surface area contributed by atoms with Gasteiger partial charge in [-0.05, 0) is 25.3 Å². The van der Waals surface area contributed by atoms with Crippen LogP contribution in [-0.2, 0) is 9.59 Å². The zero-order chi connectivity index (χ0) is 10.3. The van der Waals surface area contributed by atoms with Gasteiger partial charge in [0.15, 0.2) is 0 Å². The molecule has 0 amide bonds. The maximum atomic E-state index is 9.10. The van der Waals surface area contributed by atoms with E-state index in [1.807, 2.05) is 0 Å². The number of rotatable bonds is 3. The minimum absolute atomic E-state index is 0.885. The first-order valence-corrected chi connectivity index (χ1v) is 4.24. The van der Waals surface area contributed by atoms with E-state index in [9.17, 15) is 0 Å². The van der Waals surface area contributed by atoms with Gasteiger partial charge in [-0.15, -0.1) is 0 Å². The van der Waals surface area contributed by atoms with Crippen LogP contribution < -0.4 is 5.73 Å². The van der Waals surface area contributed by atoms with Crippen molar-refractivity contribution in [2.24, 2.45) is 11.7 Å². The van der Waals surface area contributed by atoms with Gasteiger partial charge in [-0.25, -0.2) is 9.59 Å². The highest BCUT2D eigenvalue weighted by Crippen LogP contribution is 2.32. The number of hydrogen-bond donors (Lipinski definition) is 3. The van der Waals surface area contributed by atoms with Gasteiger partial charge >= 0.3 is 11.9 Å². The first-order chi connectivity index (χ1) is 6.07. The number of carboxylic acids is 2. The molecule has 0 heterocycles. The quantitative estimate of drug-likeness (QED) is 0.554. The summed E-state index contributed by atoms with van der Waals surface area (Å²) in [5.41, 5.74) is 5.30. The van der Waals surface area contributed by atoms with E-state index in [1.165, 1.54) is 25.7 Å². The van der Waals surface area contributed by atoms with E-state index < -0.39 is 11.9 Å². The van der Waals surface area contributed by atoms with Crippen molar-refractivity contribution in [1.29, 1.82) is 0 Å². The minimum Gasteiger partial charge on any atom is -0.473 e. The number of nitrogens with two attached hydrogens (primary N) is 1. The van der Waals surface area contributed by atoms with Crippen LogP contribution in [0.4, 0.5) is 0 Å². The standard InChI is InChI=1S/C6H13N.C2H2O4/c7-5-1-2-6-3-4-6;3-1(4)2(5)6/h6H,1-5,7H2;(H,3,4)(H,5,6). The van der Waals surface area contributed by atoms with Crippen molar-refractivity contribution in [3.8, 4) is 0 Å². The largest absolute Gasteiger partial charge is 0.473 e. The monoisotopic (exact) mass is 189 g/mol. The molecule has 0 radical (unpaired) electrons. The van der Waals surface area contributed by atoms with Gasteiger partial charge in [0.25, 0.3) is 0 Å². The number of hydrogen-bond acceptors (Lipinski definition) is 3. The van der Waals surface area contributed by atoms with Gasteiger partial charge in [0.05, 0.1) is 0 Å². The molecule has 0 bridgehead atoms. The highest BCUT2D eigenvalue weighted by atomic mass is 16.4. The van der Waals surface area contributed by atoms with Crippen molar-refractivity contribution in [1.82, 2.24) is 0 Å². The zero-order valence-corrected chi connectivity index (χ0v) is 7.40. The molecule has 0 spiro atoms. The third-order valence-electron chi connectivity index (χ3n) is 1.70. The Morgan fingerprint density at radius 2 is 1.69 bits per heavy atom. The van der Waals surface area contributed by atoms with E-state index in [-0.39, 0.29) is 0 Å². The minimum atomic E-state index is -1.82. The van der Waals surface area contributed by atoms with Gasteiger partial charge in [-0.3, -0.25) is 0 Å². The molecule has 1 aliphatic rings. The Bertz CT molecular complexity index is 165. The number of carbonyl (C=O) groups is 2. The second-order valence-corrected chi connectivity index (χ2v) is 2.98. The molecule has 0 aromatic rings. The lowest BCUT2D eigenvalue weighted by Gasteiger charge is -1.89. The second-order valence-electron chi connectivity index (χ2n) is 2.98. The van der Waals surface area contributed by atoms with Crippen LogP contribution in [0.15, 0.2) is 0 Å². The Labute approximate surface area is 76.5 Å². The second kappa shape index (κ2) is 6.42. The molecule has 0 aromatic heterocycles. The van der Waals surface area contributed by atoms with Crippen molar-refractivity contribution in [2.45, 2.75) is 25.7 Å². The highest BCUT2D eigenvalue weighted by molar-refractivity contribution is 6.27. The summed E-state index contributed by atoms with van der Waals surface area (Å²) in [7, 11) is 0. The summed E-state index contributed by atoms with van der Waals surface area (Å²) in [6.45, 7) is 0.885. The average Bonchev–Trinajstić information content (AvgIpc) is 2.85. The van der Waals surface area contributed by atoms with Crippen molar-refractivity contribution in [3.05, 3.63) is 0 Å². The van der Waals surface area contributed by atoms with Crippen LogP contribution in [-0.4, -0.2) is 28.7 Å². The fourth-order valence-corrected chi connectivity index (χ4v) is 0.813. The van der Waals surface area contributed by atoms with E-state index in [0.717, 1.165) is 12.5 Å². The molecule has 1 rings (SSSR count). The maximum Gasteiger partial charge on any atom is 0.414 e. The van der Waals surface area contributed by atoms with E-state index >= 15 is 0 Å². The van der Waals surface area contributed by atoms with E-state index in [1.54, 1.807) is 0 Å². The topological polar surface area (TPSA) is 101 Å². The Hall–Kier alpha value is -1.10. The fraction of sp³-hybridized carbons (Fsp3) is 0.750. The molecular formula is C8H15NO4. The van der Waals surface area contributed by atoms with Gasteiger partial charge in [0.1, 0.15) is 0 Å². The van der Waals surface area contributed by atoms with E-state index in [2.05, 4.69) is 0 Å². The molecule has 0 aliphatic heterocycles. The van der Waals surface area contributed by atoms with Crippen molar-refractivity contribution < 1.29 is 19.8 Å². The van der Waals surface area contributed by atoms with Gasteiger partial charge in [-0.2, -0.15) is 0 Å². The first-order valence-electron chi connectivity index (χ1n) is 4.24. The average molecular weight is 189 g/mol. The van der Waals surface area contributed by atoms with Crippen LogP contribution in [0.3, 0.4) is 0 Å². The molecule has 1 fully saturated rings. The van der Waals surface area contributed by atoms with Gasteiger partial charge in [0.2, 0.25) is 0 Å². The SMILES string of the molecule is NCCCC1CC1.O=C(O)C(=O)O. The van der Waals surface area contributed by atoms with E-state index in [0.29, 0.717) is 0 Å². The molecule has 1 aliphatic carbocycles. The lowest BCUT2D eigenvalue weighted by atomic mass is 10.2. The van der Waals surface area contributed by atoms with Gasteiger partial charge in [0, 0.05) is 0 Å². The van der Waals surface area contributed by atoms with Gasteiger partial charge < -0.3 is 15.9 Å². The summed E-state index contributed by atoms with van der Waals surface area (Å²) in [5, 5.41) is 14.8. The lowest BCUT2D eigenvalue weighted by Crippen LogP contribution is -2.09. The number of aliphatic carboxylic acids is 2. The molecule has 0 saturated heterocycles. The number of carboxylic acid groups (broad SMARTS) is 2. The summed E-state index contributed by atoms with van der Waals surface area (Å²) in [4.78, 5) is 18.2. The van der Waals surface area contributed by atoms with Crippen LogP contribution in [0.25, 0.3) is 0 Å². The Morgan fingerprint density at radius 1 is 1.23 bits per heavy atom. The smallest absolute Gasteiger partial charge is 0.414 e. The summed E-state index contributed by atoms with van der Waals surface area (Å²) in [6, 6.07) is 0.